The maximum absolute atomic E-state index is 10.9. The van der Waals surface area contributed by atoms with E-state index in [4.69, 9.17) is 5.11 Å². The number of nitrogens with one attached hydrogen (secondary N) is 1. The fraction of sp³-hybridized carbons (Fsp3) is 0.250. The molecule has 0 spiro atoms. The maximum atomic E-state index is 10.9. The lowest BCUT2D eigenvalue weighted by molar-refractivity contribution is 0.0695. The molecule has 0 aliphatic carbocycles. The first-order chi connectivity index (χ1) is 7.25. The van der Waals surface area contributed by atoms with E-state index in [0.717, 1.165) is 25.1 Å². The number of hydrogen-bond donors (Lipinski definition) is 2. The van der Waals surface area contributed by atoms with Crippen LogP contribution in [0.15, 0.2) is 36.9 Å². The van der Waals surface area contributed by atoms with Gasteiger partial charge in [-0.3, -0.25) is 0 Å². The summed E-state index contributed by atoms with van der Waals surface area (Å²) in [6.45, 7) is 5.10. The van der Waals surface area contributed by atoms with Gasteiger partial charge in [0.1, 0.15) is 0 Å². The number of benzene rings is 1. The molecule has 0 saturated heterocycles. The van der Waals surface area contributed by atoms with E-state index in [1.807, 2.05) is 12.1 Å². The molecular weight excluding hydrogens is 190 g/mol. The topological polar surface area (TPSA) is 49.3 Å². The smallest absolute Gasteiger partial charge is 0.335 e. The third-order valence-electron chi connectivity index (χ3n) is 2.11. The fourth-order valence-corrected chi connectivity index (χ4v) is 1.37. The van der Waals surface area contributed by atoms with Crippen molar-refractivity contribution in [2.24, 2.45) is 0 Å². The van der Waals surface area contributed by atoms with Crippen LogP contribution in [0.3, 0.4) is 0 Å². The monoisotopic (exact) mass is 205 g/mol. The summed E-state index contributed by atoms with van der Waals surface area (Å²) in [4.78, 5) is 10.9. The lowest BCUT2D eigenvalue weighted by atomic mass is 10.0. The molecule has 1 aromatic carbocycles. The molecule has 1 rings (SSSR count). The van der Waals surface area contributed by atoms with Crippen molar-refractivity contribution in [3.05, 3.63) is 48.0 Å². The molecule has 0 aromatic heterocycles. The van der Waals surface area contributed by atoms with Gasteiger partial charge in [0.25, 0.3) is 0 Å². The zero-order chi connectivity index (χ0) is 11.1. The summed E-state index contributed by atoms with van der Waals surface area (Å²) in [6.07, 6.45) is 2.50. The maximum Gasteiger partial charge on any atom is 0.335 e. The Kier molecular flexibility index (Phi) is 4.57. The van der Waals surface area contributed by atoms with Crippen LogP contribution in [0, 0.1) is 0 Å². The molecule has 0 fully saturated rings. The standard InChI is InChI=1S/C12H15NO2/c1-2-8-13-9-7-10-5-3-4-6-11(10)12(14)15/h2-6,13H,1,7-9H2,(H,14,15). The number of carboxylic acid groups (broad SMARTS) is 1. The minimum Gasteiger partial charge on any atom is -0.478 e. The van der Waals surface area contributed by atoms with Crippen LogP contribution in [0.2, 0.25) is 0 Å². The van der Waals surface area contributed by atoms with Gasteiger partial charge in [-0.15, -0.1) is 6.58 Å². The third kappa shape index (κ3) is 3.56. The summed E-state index contributed by atoms with van der Waals surface area (Å²) in [5, 5.41) is 12.1. The highest BCUT2D eigenvalue weighted by Gasteiger charge is 2.07. The van der Waals surface area contributed by atoms with Crippen molar-refractivity contribution in [3.8, 4) is 0 Å². The van der Waals surface area contributed by atoms with Crippen LogP contribution >= 0.6 is 0 Å². The van der Waals surface area contributed by atoms with Crippen LogP contribution < -0.4 is 5.32 Å². The first-order valence-corrected chi connectivity index (χ1v) is 4.88. The van der Waals surface area contributed by atoms with E-state index >= 15 is 0 Å². The Morgan fingerprint density at radius 2 is 2.20 bits per heavy atom. The molecular formula is C12H15NO2. The summed E-state index contributed by atoms with van der Waals surface area (Å²) in [7, 11) is 0. The SMILES string of the molecule is C=CCNCCc1ccccc1C(=O)O. The zero-order valence-corrected chi connectivity index (χ0v) is 8.57. The molecule has 0 bridgehead atoms. The van der Waals surface area contributed by atoms with E-state index in [1.165, 1.54) is 0 Å². The Balaban J connectivity index is 2.59. The Hall–Kier alpha value is -1.61. The van der Waals surface area contributed by atoms with Crippen molar-refractivity contribution in [2.45, 2.75) is 6.42 Å². The van der Waals surface area contributed by atoms with Crippen molar-refractivity contribution >= 4 is 5.97 Å². The first kappa shape index (κ1) is 11.5. The molecule has 3 heteroatoms. The highest BCUT2D eigenvalue weighted by Crippen LogP contribution is 2.08. The molecule has 0 aliphatic rings. The van der Waals surface area contributed by atoms with Gasteiger partial charge in [0.05, 0.1) is 5.56 Å². The number of carboxylic acids is 1. The Morgan fingerprint density at radius 1 is 1.47 bits per heavy atom. The van der Waals surface area contributed by atoms with Gasteiger partial charge in [0.2, 0.25) is 0 Å². The van der Waals surface area contributed by atoms with Crippen LogP contribution in [0.5, 0.6) is 0 Å². The number of rotatable bonds is 6. The summed E-state index contributed by atoms with van der Waals surface area (Å²) in [5.74, 6) is -0.866. The van der Waals surface area contributed by atoms with Gasteiger partial charge in [-0.05, 0) is 24.6 Å². The van der Waals surface area contributed by atoms with Gasteiger partial charge in [-0.1, -0.05) is 24.3 Å². The van der Waals surface area contributed by atoms with Crippen molar-refractivity contribution in [3.63, 3.8) is 0 Å². The molecule has 0 saturated carbocycles. The zero-order valence-electron chi connectivity index (χ0n) is 8.57. The first-order valence-electron chi connectivity index (χ1n) is 4.88. The second-order valence-corrected chi connectivity index (χ2v) is 3.21. The largest absolute Gasteiger partial charge is 0.478 e. The molecule has 2 N–H and O–H groups in total. The average Bonchev–Trinajstić information content (AvgIpc) is 2.25. The van der Waals surface area contributed by atoms with Crippen molar-refractivity contribution in [1.82, 2.24) is 5.32 Å². The van der Waals surface area contributed by atoms with Crippen LogP contribution in [0.25, 0.3) is 0 Å². The molecule has 0 heterocycles. The summed E-state index contributed by atoms with van der Waals surface area (Å²) in [5.41, 5.74) is 1.25. The average molecular weight is 205 g/mol. The van der Waals surface area contributed by atoms with Gasteiger partial charge < -0.3 is 10.4 Å². The van der Waals surface area contributed by atoms with Crippen LogP contribution in [-0.2, 0) is 6.42 Å². The molecule has 0 radical (unpaired) electrons. The van der Waals surface area contributed by atoms with Crippen molar-refractivity contribution in [2.75, 3.05) is 13.1 Å². The quantitative estimate of drug-likeness (QED) is 0.549. The predicted octanol–water partition coefficient (Wildman–Crippen LogP) is 1.70. The summed E-state index contributed by atoms with van der Waals surface area (Å²) in [6, 6.07) is 7.07. The van der Waals surface area contributed by atoms with E-state index in [1.54, 1.807) is 18.2 Å². The molecule has 1 aromatic rings. The molecule has 0 aliphatic heterocycles. The predicted molar refractivity (Wildman–Crippen MR) is 60.2 cm³/mol. The van der Waals surface area contributed by atoms with Gasteiger partial charge >= 0.3 is 5.97 Å². The summed E-state index contributed by atoms with van der Waals surface area (Å²) >= 11 is 0. The Morgan fingerprint density at radius 3 is 2.87 bits per heavy atom. The van der Waals surface area contributed by atoms with E-state index < -0.39 is 5.97 Å². The molecule has 3 nitrogen and oxygen atoms in total. The van der Waals surface area contributed by atoms with Crippen molar-refractivity contribution < 1.29 is 9.90 Å². The second-order valence-electron chi connectivity index (χ2n) is 3.21. The molecule has 80 valence electrons. The van der Waals surface area contributed by atoms with Gasteiger partial charge in [0.15, 0.2) is 0 Å². The minimum atomic E-state index is -0.866. The lowest BCUT2D eigenvalue weighted by Gasteiger charge is -2.05. The van der Waals surface area contributed by atoms with Gasteiger partial charge in [-0.2, -0.15) is 0 Å². The fourth-order valence-electron chi connectivity index (χ4n) is 1.37. The van der Waals surface area contributed by atoms with Gasteiger partial charge in [0, 0.05) is 6.54 Å². The van der Waals surface area contributed by atoms with E-state index in [-0.39, 0.29) is 0 Å². The highest BCUT2D eigenvalue weighted by atomic mass is 16.4. The molecule has 15 heavy (non-hydrogen) atoms. The lowest BCUT2D eigenvalue weighted by Crippen LogP contribution is -2.18. The normalized spacial score (nSPS) is 9.87. The highest BCUT2D eigenvalue weighted by molar-refractivity contribution is 5.89. The number of hydrogen-bond acceptors (Lipinski definition) is 2. The van der Waals surface area contributed by atoms with Gasteiger partial charge in [-0.25, -0.2) is 4.79 Å². The number of carbonyl (C=O) groups is 1. The molecule has 0 amide bonds. The van der Waals surface area contributed by atoms with Crippen LogP contribution in [-0.4, -0.2) is 24.2 Å². The number of aromatic carboxylic acids is 1. The van der Waals surface area contributed by atoms with E-state index in [0.29, 0.717) is 5.56 Å². The Labute approximate surface area is 89.4 Å². The second kappa shape index (κ2) is 5.98. The summed E-state index contributed by atoms with van der Waals surface area (Å²) < 4.78 is 0. The van der Waals surface area contributed by atoms with Crippen LogP contribution in [0.4, 0.5) is 0 Å². The van der Waals surface area contributed by atoms with Crippen molar-refractivity contribution in [1.29, 1.82) is 0 Å². The van der Waals surface area contributed by atoms with Crippen LogP contribution in [0.1, 0.15) is 15.9 Å². The van der Waals surface area contributed by atoms with E-state index in [9.17, 15) is 4.79 Å². The minimum absolute atomic E-state index is 0.387. The molecule has 0 atom stereocenters. The third-order valence-corrected chi connectivity index (χ3v) is 2.11. The Bertz CT molecular complexity index is 347. The van der Waals surface area contributed by atoms with E-state index in [2.05, 4.69) is 11.9 Å². The molecule has 0 unspecified atom stereocenters.